The van der Waals surface area contributed by atoms with E-state index in [4.69, 9.17) is 28.5 Å². The molecule has 4 atom stereocenters. The standard InChI is InChI=1S/C23H29N5O2S.C21H26N4O3S2.C20H24N4O2S.C18H21N3O2S/c1-13-21(31-15(3)24-13)19-11-18-12-28(14(2)17-5-6-17)23(30)20(18)22(25-19)27-9-7-26(8-10-27)16(4)29;1-12-19(29-14(3)22-12)17-10-16-11-25(13(2)15-4-5-15)21(26)18(16)20(23-17)24-6-8-30(27,28)9-7-24;1-12(14-3-4-14)24-11-15-9-16(17-10-21-13(2)27-17)22-19(18(15)20(24)25)23-5-7-26-8-6-23;1-9-16(24-11(3)19-9)14-7-13-8-21(10(2)12-5-6-12)18(22)15(13)17(20-14)23-4/h11,14,17H,5-10,12H2,1-4H3;10,13,15H,4-9,11H2,1-3H3;9-10,12,14H,3-8,11H2,1-2H3;7,10,12H,5-6,8H2,1-4H3/t14-;13-;12-;10-/m0000/s1/i;;;4D3. The van der Waals surface area contributed by atoms with Crippen molar-refractivity contribution in [1.82, 2.24) is 64.4 Å². The van der Waals surface area contributed by atoms with Crippen molar-refractivity contribution in [2.45, 2.75) is 185 Å². The Balaban J connectivity index is 0.000000115. The monoisotopic (exact) mass is 1620 g/mol. The van der Waals surface area contributed by atoms with Crippen LogP contribution in [0.2, 0.25) is 0 Å². The van der Waals surface area contributed by atoms with Crippen LogP contribution >= 0.6 is 45.3 Å². The minimum Gasteiger partial charge on any atom is -0.480 e. The Morgan fingerprint density at radius 2 is 0.812 bits per heavy atom. The maximum Gasteiger partial charge on any atom is 0.260 e. The van der Waals surface area contributed by atoms with Crippen molar-refractivity contribution < 1.29 is 46.0 Å². The number of hydrogen-bond donors (Lipinski definition) is 0. The molecule has 30 heteroatoms. The van der Waals surface area contributed by atoms with E-state index >= 15 is 0 Å². The van der Waals surface area contributed by atoms with Crippen molar-refractivity contribution in [1.29, 1.82) is 0 Å². The number of methoxy groups -OCH3 is 1. The summed E-state index contributed by atoms with van der Waals surface area (Å²) in [5.74, 6) is 4.91. The average Bonchev–Trinajstić information content (AvgIpc) is 1.63. The second-order valence-electron chi connectivity index (χ2n) is 32.0. The Kier molecular flexibility index (Phi) is 20.5. The number of nitrogens with zero attached hydrogens (tertiary/aromatic N) is 16. The zero-order valence-electron chi connectivity index (χ0n) is 68.8. The van der Waals surface area contributed by atoms with Crippen LogP contribution in [-0.2, 0) is 45.5 Å². The van der Waals surface area contributed by atoms with Crippen molar-refractivity contribution in [3.8, 4) is 48.2 Å². The van der Waals surface area contributed by atoms with Crippen molar-refractivity contribution >= 4 is 102 Å². The predicted octanol–water partition coefficient (Wildman–Crippen LogP) is 12.7. The van der Waals surface area contributed by atoms with E-state index in [1.54, 1.807) is 40.9 Å². The molecule has 4 saturated carbocycles. The number of hydrogen-bond acceptors (Lipinski definition) is 24. The van der Waals surface area contributed by atoms with Gasteiger partial charge in [-0.05, 0) is 198 Å². The number of rotatable bonds is 16. The first-order valence-corrected chi connectivity index (χ1v) is 44.5. The summed E-state index contributed by atoms with van der Waals surface area (Å²) in [5.41, 5.74) is 12.4. The Bertz CT molecular complexity index is 5270. The largest absolute Gasteiger partial charge is 0.480 e. The van der Waals surface area contributed by atoms with Gasteiger partial charge in [-0.2, -0.15) is 0 Å². The number of carbonyl (C=O) groups is 5. The molecule has 0 bridgehead atoms. The molecular formula is C82H100N16O9S5. The lowest BCUT2D eigenvalue weighted by molar-refractivity contribution is -0.129. The number of amides is 5. The minimum absolute atomic E-state index is 0.0316. The molecule has 25 nitrogen and oxygen atoms in total. The highest BCUT2D eigenvalue weighted by atomic mass is 32.2. The third-order valence-corrected chi connectivity index (χ3v) is 29.9. The second kappa shape index (κ2) is 31.1. The van der Waals surface area contributed by atoms with Gasteiger partial charge in [-0.1, -0.05) is 0 Å². The van der Waals surface area contributed by atoms with Crippen LogP contribution in [0, 0.1) is 72.1 Å². The summed E-state index contributed by atoms with van der Waals surface area (Å²) in [4.78, 5) is 122. The molecule has 0 N–H and O–H groups in total. The van der Waals surface area contributed by atoms with E-state index in [9.17, 15) is 32.4 Å². The summed E-state index contributed by atoms with van der Waals surface area (Å²) in [6.07, 6.45) is 11.4. The third-order valence-electron chi connectivity index (χ3n) is 24.1. The van der Waals surface area contributed by atoms with Crippen LogP contribution in [0.15, 0.2) is 30.5 Å². The van der Waals surface area contributed by atoms with E-state index in [1.165, 1.54) is 49.9 Å². The molecule has 0 aromatic carbocycles. The van der Waals surface area contributed by atoms with Gasteiger partial charge in [-0.15, -0.1) is 45.3 Å². The quantitative estimate of drug-likeness (QED) is 0.0869. The molecular weight excluding hydrogens is 1510 g/mol. The topological polar surface area (TPSA) is 267 Å². The molecule has 4 aliphatic carbocycles. The highest BCUT2D eigenvalue weighted by molar-refractivity contribution is 7.91. The first-order valence-electron chi connectivity index (χ1n) is 40.9. The molecule has 8 aromatic heterocycles. The van der Waals surface area contributed by atoms with Crippen LogP contribution < -0.4 is 19.4 Å². The van der Waals surface area contributed by atoms with E-state index in [1.807, 2.05) is 91.3 Å². The molecule has 3 saturated heterocycles. The van der Waals surface area contributed by atoms with Crippen LogP contribution in [0.3, 0.4) is 0 Å². The molecule has 11 aliphatic rings. The highest BCUT2D eigenvalue weighted by Gasteiger charge is 2.46. The van der Waals surface area contributed by atoms with Gasteiger partial charge in [0.15, 0.2) is 9.84 Å². The average molecular weight is 1620 g/mol. The number of thiazole rings is 4. The van der Waals surface area contributed by atoms with Gasteiger partial charge in [-0.25, -0.2) is 48.3 Å². The Morgan fingerprint density at radius 1 is 0.464 bits per heavy atom. The molecule has 15 heterocycles. The third kappa shape index (κ3) is 15.6. The summed E-state index contributed by atoms with van der Waals surface area (Å²) in [5, 5.41) is 3.94. The van der Waals surface area contributed by atoms with Gasteiger partial charge in [0.1, 0.15) is 23.0 Å². The Morgan fingerprint density at radius 3 is 1.16 bits per heavy atom. The normalized spacial score (nSPS) is 20.7. The number of piperazine rings is 1. The van der Waals surface area contributed by atoms with E-state index in [-0.39, 0.29) is 70.6 Å². The van der Waals surface area contributed by atoms with Gasteiger partial charge in [0.05, 0.1) is 132 Å². The van der Waals surface area contributed by atoms with Crippen molar-refractivity contribution in [2.75, 3.05) is 98.8 Å². The molecule has 0 unspecified atom stereocenters. The number of morpholine rings is 1. The predicted molar refractivity (Wildman–Crippen MR) is 438 cm³/mol. The van der Waals surface area contributed by atoms with Gasteiger partial charge < -0.3 is 48.7 Å². The minimum atomic E-state index is -3.02. The van der Waals surface area contributed by atoms with Crippen LogP contribution in [0.4, 0.5) is 17.5 Å². The van der Waals surface area contributed by atoms with Crippen LogP contribution in [-0.4, -0.2) is 211 Å². The van der Waals surface area contributed by atoms with Gasteiger partial charge in [0.2, 0.25) is 11.8 Å². The molecule has 0 radical (unpaired) electrons. The number of fused-ring (bicyclic) bond motifs is 4. The summed E-state index contributed by atoms with van der Waals surface area (Å²) >= 11 is 6.40. The number of carbonyl (C=O) groups excluding carboxylic acids is 5. The second-order valence-corrected chi connectivity index (χ2v) is 39.2. The molecule has 592 valence electrons. The summed E-state index contributed by atoms with van der Waals surface area (Å²) in [7, 11) is -5.69. The smallest absolute Gasteiger partial charge is 0.260 e. The van der Waals surface area contributed by atoms with E-state index in [0.717, 1.165) is 145 Å². The molecule has 112 heavy (non-hydrogen) atoms. The fraction of sp³-hybridized carbons (Fsp3) is 0.549. The highest BCUT2D eigenvalue weighted by Crippen LogP contribution is 2.48. The summed E-state index contributed by atoms with van der Waals surface area (Å²) in [6.45, 7) is 32.7. The van der Waals surface area contributed by atoms with E-state index in [2.05, 4.69) is 79.4 Å². The molecule has 7 aliphatic heterocycles. The zero-order chi connectivity index (χ0) is 81.1. The van der Waals surface area contributed by atoms with Gasteiger partial charge >= 0.3 is 0 Å². The van der Waals surface area contributed by atoms with E-state index < -0.39 is 16.9 Å². The fourth-order valence-electron chi connectivity index (χ4n) is 16.9. The SMILES string of the molecule is CC(=O)N1CCN(c2nc(-c3sc(C)nc3C)cc3c2C(=O)N([C@@H](C)C2CC2)C3)CC1.Cc1nc(C)c(-c2cc3c(c(N4CCS(=O)(=O)CC4)n2)C(=O)N([C@@H](C)C2CC2)C3)s1.Cc1ncc(-c2cc3c(c(N4CCOCC4)n2)C(=O)N([C@@H](C)C2CC2)C3)s1.[2H]C([2H])([2H])Oc1nc(-c2sc(C)nc2C)cc2c1C(=O)N([C@@H](C)C1CC1)C2. The lowest BCUT2D eigenvalue weighted by Gasteiger charge is -2.35. The maximum absolute atomic E-state index is 13.5. The molecule has 7 fully saturated rings. The zero-order valence-corrected chi connectivity index (χ0v) is 69.9. The lowest BCUT2D eigenvalue weighted by atomic mass is 10.1. The van der Waals surface area contributed by atoms with Crippen LogP contribution in [0.5, 0.6) is 5.88 Å². The van der Waals surface area contributed by atoms with Gasteiger partial charge in [0.25, 0.3) is 23.6 Å². The molecule has 19 rings (SSSR count). The summed E-state index contributed by atoms with van der Waals surface area (Å²) in [6, 6.07) is 9.02. The first kappa shape index (κ1) is 73.7. The number of ether oxygens (including phenoxy) is 2. The molecule has 8 aromatic rings. The fourth-order valence-corrected chi connectivity index (χ4v) is 21.5. The number of sulfone groups is 1. The lowest BCUT2D eigenvalue weighted by Crippen LogP contribution is -2.48. The van der Waals surface area contributed by atoms with Crippen LogP contribution in [0.25, 0.3) is 42.3 Å². The van der Waals surface area contributed by atoms with Gasteiger partial charge in [-0.3, -0.25) is 24.0 Å². The number of aromatic nitrogens is 8. The van der Waals surface area contributed by atoms with Crippen molar-refractivity contribution in [2.24, 2.45) is 23.7 Å². The van der Waals surface area contributed by atoms with Crippen LogP contribution in [0.1, 0.15) is 191 Å². The number of anilines is 3. The van der Waals surface area contributed by atoms with E-state index in [0.29, 0.717) is 125 Å². The number of aryl methyl sites for hydroxylation is 7. The van der Waals surface area contributed by atoms with Gasteiger partial charge in [0, 0.05) is 116 Å². The van der Waals surface area contributed by atoms with Crippen molar-refractivity contribution in [3.05, 3.63) is 112 Å². The van der Waals surface area contributed by atoms with Crippen molar-refractivity contribution in [3.63, 3.8) is 0 Å². The number of pyridine rings is 4. The molecule has 5 amide bonds. The Labute approximate surface area is 675 Å². The first-order chi connectivity index (χ1) is 54.8. The summed E-state index contributed by atoms with van der Waals surface area (Å²) < 4.78 is 57.0. The molecule has 0 spiro atoms. The maximum atomic E-state index is 13.5. The Hall–Kier alpha value is -8.42.